The zero-order valence-electron chi connectivity index (χ0n) is 12.9. The number of quaternary nitrogens is 1. The molecule has 0 radical (unpaired) electrons. The Bertz CT molecular complexity index is 645. The molecule has 0 bridgehead atoms. The van der Waals surface area contributed by atoms with Gasteiger partial charge >= 0.3 is 0 Å². The first kappa shape index (κ1) is 15.9. The highest BCUT2D eigenvalue weighted by Crippen LogP contribution is 2.08. The Morgan fingerprint density at radius 2 is 1.87 bits per heavy atom. The van der Waals surface area contributed by atoms with Crippen molar-refractivity contribution in [3.05, 3.63) is 66.0 Å². The van der Waals surface area contributed by atoms with E-state index in [9.17, 15) is 4.39 Å². The fourth-order valence-electron chi connectivity index (χ4n) is 2.99. The highest BCUT2D eigenvalue weighted by molar-refractivity contribution is 7.80. The van der Waals surface area contributed by atoms with E-state index < -0.39 is 0 Å². The van der Waals surface area contributed by atoms with Crippen LogP contribution in [0.4, 0.5) is 10.1 Å². The molecule has 3 nitrogen and oxygen atoms in total. The van der Waals surface area contributed by atoms with Crippen LogP contribution in [0.5, 0.6) is 0 Å². The van der Waals surface area contributed by atoms with Crippen LogP contribution >= 0.6 is 12.2 Å². The minimum Gasteiger partial charge on any atom is -0.354 e. The number of likely N-dealkylation sites (tertiary alicyclic amines) is 1. The highest BCUT2D eigenvalue weighted by atomic mass is 32.1. The van der Waals surface area contributed by atoms with E-state index in [1.54, 1.807) is 17.0 Å². The summed E-state index contributed by atoms with van der Waals surface area (Å²) in [5, 5.41) is 7.07. The summed E-state index contributed by atoms with van der Waals surface area (Å²) in [4.78, 5) is 1.57. The topological polar surface area (TPSA) is 28.5 Å². The monoisotopic (exact) mass is 330 g/mol. The lowest BCUT2D eigenvalue weighted by molar-refractivity contribution is -0.901. The number of hydrogen-bond acceptors (Lipinski definition) is 1. The summed E-state index contributed by atoms with van der Waals surface area (Å²) in [6.45, 7) is 3.25. The number of nitrogens with one attached hydrogen (secondary N) is 3. The summed E-state index contributed by atoms with van der Waals surface area (Å²) in [6.07, 6.45) is 1.10. The third kappa shape index (κ3) is 4.74. The van der Waals surface area contributed by atoms with Gasteiger partial charge in [0.15, 0.2) is 5.11 Å². The number of hydrogen-bond donors (Lipinski definition) is 3. The first-order valence-electron chi connectivity index (χ1n) is 7.89. The first-order chi connectivity index (χ1) is 11.2. The third-order valence-corrected chi connectivity index (χ3v) is 4.34. The maximum atomic E-state index is 12.9. The molecule has 0 spiro atoms. The molecule has 0 amide bonds. The minimum atomic E-state index is -0.245. The fourth-order valence-corrected chi connectivity index (χ4v) is 3.27. The predicted octanol–water partition coefficient (Wildman–Crippen LogP) is 1.97. The number of benzene rings is 2. The van der Waals surface area contributed by atoms with Gasteiger partial charge in [-0.1, -0.05) is 30.3 Å². The third-order valence-electron chi connectivity index (χ3n) is 4.12. The average Bonchev–Trinajstić information content (AvgIpc) is 2.97. The van der Waals surface area contributed by atoms with E-state index in [0.29, 0.717) is 11.2 Å². The first-order valence-corrected chi connectivity index (χ1v) is 8.30. The second kappa shape index (κ2) is 7.53. The Labute approximate surface area is 141 Å². The van der Waals surface area contributed by atoms with Crippen LogP contribution in [0.2, 0.25) is 0 Å². The van der Waals surface area contributed by atoms with Crippen LogP contribution in [-0.2, 0) is 6.54 Å². The van der Waals surface area contributed by atoms with Crippen molar-refractivity contribution in [3.8, 4) is 0 Å². The minimum absolute atomic E-state index is 0.245. The highest BCUT2D eigenvalue weighted by Gasteiger charge is 2.26. The molecule has 5 heteroatoms. The van der Waals surface area contributed by atoms with E-state index in [0.717, 1.165) is 31.7 Å². The van der Waals surface area contributed by atoms with Gasteiger partial charge in [0, 0.05) is 17.7 Å². The van der Waals surface area contributed by atoms with Crippen molar-refractivity contribution in [3.63, 3.8) is 0 Å². The molecule has 1 saturated heterocycles. The van der Waals surface area contributed by atoms with Crippen LogP contribution in [-0.4, -0.2) is 24.2 Å². The van der Waals surface area contributed by atoms with E-state index in [4.69, 9.17) is 12.2 Å². The molecule has 2 atom stereocenters. The van der Waals surface area contributed by atoms with Crippen LogP contribution in [0, 0.1) is 5.82 Å². The number of rotatable bonds is 4. The molecule has 1 fully saturated rings. The molecule has 1 aliphatic heterocycles. The lowest BCUT2D eigenvalue weighted by Crippen LogP contribution is -3.09. The smallest absolute Gasteiger partial charge is 0.171 e. The Balaban J connectivity index is 1.46. The summed E-state index contributed by atoms with van der Waals surface area (Å²) < 4.78 is 12.9. The van der Waals surface area contributed by atoms with Gasteiger partial charge in [-0.05, 0) is 36.5 Å². The van der Waals surface area contributed by atoms with Crippen LogP contribution in [0.15, 0.2) is 54.6 Å². The van der Waals surface area contributed by atoms with E-state index in [-0.39, 0.29) is 5.82 Å². The number of anilines is 1. The standard InChI is InChI=1S/C18H20FN3S/c19-15-6-8-16(9-7-15)20-18(23)21-17-10-11-22(13-17)12-14-4-2-1-3-5-14/h1-9,17H,10-13H2,(H2,20,21,23)/p+1/t17-/m0/s1. The van der Waals surface area contributed by atoms with Crippen LogP contribution in [0.3, 0.4) is 0 Å². The van der Waals surface area contributed by atoms with Crippen LogP contribution in [0.25, 0.3) is 0 Å². The average molecular weight is 330 g/mol. The summed E-state index contributed by atoms with van der Waals surface area (Å²) in [6, 6.07) is 17.2. The van der Waals surface area contributed by atoms with Gasteiger partial charge in [-0.3, -0.25) is 0 Å². The number of halogens is 1. The van der Waals surface area contributed by atoms with Crippen molar-refractivity contribution < 1.29 is 9.29 Å². The molecule has 3 rings (SSSR count). The molecule has 1 unspecified atom stereocenters. The van der Waals surface area contributed by atoms with E-state index >= 15 is 0 Å². The largest absolute Gasteiger partial charge is 0.354 e. The van der Waals surface area contributed by atoms with Gasteiger partial charge in [-0.2, -0.15) is 0 Å². The normalized spacial score (nSPS) is 20.2. The molecule has 0 aliphatic carbocycles. The summed E-state index contributed by atoms with van der Waals surface area (Å²) in [7, 11) is 0. The van der Waals surface area contributed by atoms with E-state index in [1.807, 2.05) is 6.07 Å². The van der Waals surface area contributed by atoms with Gasteiger partial charge in [0.2, 0.25) is 0 Å². The van der Waals surface area contributed by atoms with E-state index in [2.05, 4.69) is 34.9 Å². The fraction of sp³-hybridized carbons (Fsp3) is 0.278. The molecule has 1 aliphatic rings. The van der Waals surface area contributed by atoms with Crippen molar-refractivity contribution in [1.29, 1.82) is 0 Å². The Kier molecular flexibility index (Phi) is 5.20. The zero-order valence-corrected chi connectivity index (χ0v) is 13.7. The summed E-state index contributed by atoms with van der Waals surface area (Å²) in [5.41, 5.74) is 2.17. The van der Waals surface area contributed by atoms with Gasteiger partial charge in [0.25, 0.3) is 0 Å². The van der Waals surface area contributed by atoms with Gasteiger partial charge in [-0.25, -0.2) is 4.39 Å². The lowest BCUT2D eigenvalue weighted by Gasteiger charge is -2.16. The van der Waals surface area contributed by atoms with Crippen molar-refractivity contribution in [2.45, 2.75) is 19.0 Å². The Morgan fingerprint density at radius 3 is 2.61 bits per heavy atom. The predicted molar refractivity (Wildman–Crippen MR) is 95.0 cm³/mol. The molecule has 1 heterocycles. The van der Waals surface area contributed by atoms with Crippen molar-refractivity contribution in [2.75, 3.05) is 18.4 Å². The van der Waals surface area contributed by atoms with Crippen molar-refractivity contribution in [2.24, 2.45) is 0 Å². The van der Waals surface area contributed by atoms with Gasteiger partial charge in [-0.15, -0.1) is 0 Å². The molecule has 0 saturated carbocycles. The zero-order chi connectivity index (χ0) is 16.1. The number of thiocarbonyl (C=S) groups is 1. The molecule has 2 aromatic carbocycles. The van der Waals surface area contributed by atoms with Gasteiger partial charge in [0.1, 0.15) is 12.4 Å². The quantitative estimate of drug-likeness (QED) is 0.749. The van der Waals surface area contributed by atoms with Crippen LogP contribution < -0.4 is 15.5 Å². The summed E-state index contributed by atoms with van der Waals surface area (Å²) in [5.74, 6) is -0.245. The molecule has 120 valence electrons. The van der Waals surface area contributed by atoms with Crippen molar-refractivity contribution in [1.82, 2.24) is 5.32 Å². The molecular weight excluding hydrogens is 309 g/mol. The van der Waals surface area contributed by atoms with Gasteiger partial charge in [0.05, 0.1) is 19.1 Å². The summed E-state index contributed by atoms with van der Waals surface area (Å²) >= 11 is 5.35. The molecule has 3 N–H and O–H groups in total. The Hall–Kier alpha value is -1.98. The second-order valence-electron chi connectivity index (χ2n) is 5.96. The maximum Gasteiger partial charge on any atom is 0.171 e. The molecular formula is C18H21FN3S+. The molecule has 0 aromatic heterocycles. The van der Waals surface area contributed by atoms with Gasteiger partial charge < -0.3 is 15.5 Å². The van der Waals surface area contributed by atoms with E-state index in [1.165, 1.54) is 17.7 Å². The van der Waals surface area contributed by atoms with Crippen LogP contribution in [0.1, 0.15) is 12.0 Å². The maximum absolute atomic E-state index is 12.9. The molecule has 23 heavy (non-hydrogen) atoms. The lowest BCUT2D eigenvalue weighted by atomic mass is 10.2. The Morgan fingerprint density at radius 1 is 1.13 bits per heavy atom. The van der Waals surface area contributed by atoms with Crippen molar-refractivity contribution >= 4 is 23.0 Å². The second-order valence-corrected chi connectivity index (χ2v) is 6.37. The molecule has 2 aromatic rings. The SMILES string of the molecule is Fc1ccc(NC(=S)N[C@H]2CC[NH+](Cc3ccccc3)C2)cc1.